The second-order valence-electron chi connectivity index (χ2n) is 5.99. The predicted octanol–water partition coefficient (Wildman–Crippen LogP) is 8.35. The lowest BCUT2D eigenvalue weighted by Gasteiger charge is -2.10. The van der Waals surface area contributed by atoms with Gasteiger partial charge in [0.1, 0.15) is 0 Å². The molecule has 28 heavy (non-hydrogen) atoms. The molecule has 5 aromatic rings. The molecular formula is C24H15BrClNS. The van der Waals surface area contributed by atoms with Crippen LogP contribution in [-0.4, -0.2) is 4.57 Å². The fourth-order valence-corrected chi connectivity index (χ4v) is 5.14. The Balaban J connectivity index is 1.87. The van der Waals surface area contributed by atoms with Crippen LogP contribution in [0.25, 0.3) is 27.5 Å². The number of halogens is 2. The second-order valence-corrected chi connectivity index (χ2v) is 8.49. The van der Waals surface area contributed by atoms with E-state index in [4.69, 9.17) is 22.6 Å². The van der Waals surface area contributed by atoms with Gasteiger partial charge in [0.05, 0.1) is 22.0 Å². The van der Waals surface area contributed by atoms with Crippen molar-refractivity contribution < 1.29 is 11.0 Å². The number of para-hydroxylation sites is 2. The highest BCUT2D eigenvalue weighted by molar-refractivity contribution is 9.10. The first-order valence-corrected chi connectivity index (χ1v) is 10.2. The molecule has 1 aromatic heterocycles. The summed E-state index contributed by atoms with van der Waals surface area (Å²) in [5.41, 5.74) is 0.683. The van der Waals surface area contributed by atoms with Crippen LogP contribution in [-0.2, 0) is 0 Å². The predicted molar refractivity (Wildman–Crippen MR) is 124 cm³/mol. The van der Waals surface area contributed by atoms with Gasteiger partial charge < -0.3 is 4.57 Å². The van der Waals surface area contributed by atoms with Gasteiger partial charge >= 0.3 is 0 Å². The van der Waals surface area contributed by atoms with Crippen molar-refractivity contribution in [2.45, 2.75) is 9.79 Å². The maximum absolute atomic E-state index is 8.62. The minimum Gasteiger partial charge on any atom is -0.309 e. The molecule has 4 aromatic carbocycles. The van der Waals surface area contributed by atoms with E-state index >= 15 is 0 Å². The van der Waals surface area contributed by atoms with Gasteiger partial charge in [-0.1, -0.05) is 81.6 Å². The zero-order chi connectivity index (χ0) is 26.0. The Morgan fingerprint density at radius 1 is 0.821 bits per heavy atom. The number of aromatic nitrogens is 1. The van der Waals surface area contributed by atoms with Crippen LogP contribution < -0.4 is 0 Å². The molecular weight excluding hydrogens is 450 g/mol. The molecule has 0 unspecified atom stereocenters. The SMILES string of the molecule is [2H]c1c([2H])c([2H])c2c(c1[2H])c1c([2H])c([2H])c([2H])c([2H])c1n2-c1cccc(Sc2cc(Cl)cc(Br)c2)c1. The molecule has 0 radical (unpaired) electrons. The number of rotatable bonds is 3. The molecule has 0 atom stereocenters. The third kappa shape index (κ3) is 3.24. The van der Waals surface area contributed by atoms with E-state index in [1.807, 2.05) is 18.2 Å². The molecule has 1 nitrogen and oxygen atoms in total. The second kappa shape index (κ2) is 7.32. The smallest absolute Gasteiger partial charge is 0.0645 e. The minimum absolute atomic E-state index is 0.0554. The van der Waals surface area contributed by atoms with Crippen molar-refractivity contribution in [3.8, 4) is 5.69 Å². The fraction of sp³-hybridized carbons (Fsp3) is 0. The summed E-state index contributed by atoms with van der Waals surface area (Å²) in [5, 5.41) is 0.678. The summed E-state index contributed by atoms with van der Waals surface area (Å²) in [6.07, 6.45) is 0. The van der Waals surface area contributed by atoms with E-state index in [1.165, 1.54) is 16.3 Å². The maximum atomic E-state index is 8.62. The molecule has 0 aliphatic heterocycles. The van der Waals surface area contributed by atoms with E-state index in [9.17, 15) is 0 Å². The van der Waals surface area contributed by atoms with E-state index in [2.05, 4.69) is 15.9 Å². The van der Waals surface area contributed by atoms with Crippen LogP contribution in [0.4, 0.5) is 0 Å². The van der Waals surface area contributed by atoms with Crippen molar-refractivity contribution in [2.75, 3.05) is 0 Å². The lowest BCUT2D eigenvalue weighted by atomic mass is 10.2. The summed E-state index contributed by atoms with van der Waals surface area (Å²) in [4.78, 5) is 1.68. The Morgan fingerprint density at radius 3 is 2.18 bits per heavy atom. The van der Waals surface area contributed by atoms with Crippen LogP contribution in [0.2, 0.25) is 5.02 Å². The van der Waals surface area contributed by atoms with Gasteiger partial charge in [-0.2, -0.15) is 0 Å². The monoisotopic (exact) mass is 471 g/mol. The van der Waals surface area contributed by atoms with E-state index in [0.29, 0.717) is 10.7 Å². The first-order chi connectivity index (χ1) is 17.0. The molecule has 0 fully saturated rings. The normalized spacial score (nSPS) is 15.4. The molecule has 0 amide bonds. The molecule has 0 saturated carbocycles. The van der Waals surface area contributed by atoms with Gasteiger partial charge in [0.2, 0.25) is 0 Å². The zero-order valence-electron chi connectivity index (χ0n) is 22.2. The number of fused-ring (bicyclic) bond motifs is 3. The summed E-state index contributed by atoms with van der Waals surface area (Å²) >= 11 is 11.1. The molecule has 0 bridgehead atoms. The Hall–Kier alpha value is -2.20. The van der Waals surface area contributed by atoms with E-state index in [0.717, 1.165) is 14.3 Å². The molecule has 0 spiro atoms. The summed E-state index contributed by atoms with van der Waals surface area (Å²) in [5.74, 6) is 0. The Bertz CT molecular complexity index is 1640. The highest BCUT2D eigenvalue weighted by Gasteiger charge is 2.11. The summed E-state index contributed by atoms with van der Waals surface area (Å²) in [7, 11) is 0. The standard InChI is InChI=1S/C24H15BrClNS/c25-16-12-17(26)14-20(13-16)28-19-7-5-6-18(15-19)27-23-10-3-1-8-21(23)22-9-2-4-11-24(22)27/h1-15H/i1D,2D,3D,4D,8D,9D,10D,11D. The molecule has 0 aliphatic rings. The van der Waals surface area contributed by atoms with Gasteiger partial charge in [0.25, 0.3) is 0 Å². The molecule has 0 saturated heterocycles. The minimum atomic E-state index is -0.463. The number of nitrogens with zero attached hydrogens (tertiary/aromatic N) is 1. The first-order valence-electron chi connectivity index (χ1n) is 12.3. The van der Waals surface area contributed by atoms with Gasteiger partial charge in [-0.05, 0) is 48.5 Å². The number of benzene rings is 4. The summed E-state index contributed by atoms with van der Waals surface area (Å²) in [6.45, 7) is 0. The van der Waals surface area contributed by atoms with E-state index in [-0.39, 0.29) is 46.0 Å². The van der Waals surface area contributed by atoms with Crippen molar-refractivity contribution in [2.24, 2.45) is 0 Å². The molecule has 136 valence electrons. The molecule has 0 N–H and O–H groups in total. The van der Waals surface area contributed by atoms with Crippen molar-refractivity contribution in [1.82, 2.24) is 4.57 Å². The third-order valence-electron chi connectivity index (χ3n) is 4.18. The highest BCUT2D eigenvalue weighted by Crippen LogP contribution is 2.35. The molecule has 4 heteroatoms. The van der Waals surface area contributed by atoms with Gasteiger partial charge in [0.15, 0.2) is 0 Å². The van der Waals surface area contributed by atoms with Crippen LogP contribution in [0.15, 0.2) is 105 Å². The van der Waals surface area contributed by atoms with Crippen LogP contribution in [0.1, 0.15) is 11.0 Å². The molecule has 5 rings (SSSR count). The maximum Gasteiger partial charge on any atom is 0.0645 e. The number of hydrogen-bond acceptors (Lipinski definition) is 1. The van der Waals surface area contributed by atoms with Crippen molar-refractivity contribution in [3.05, 3.63) is 100 Å². The van der Waals surface area contributed by atoms with Crippen molar-refractivity contribution in [3.63, 3.8) is 0 Å². The van der Waals surface area contributed by atoms with Crippen LogP contribution in [0.3, 0.4) is 0 Å². The van der Waals surface area contributed by atoms with E-state index < -0.39 is 24.2 Å². The molecule has 0 aliphatic carbocycles. The van der Waals surface area contributed by atoms with Crippen LogP contribution >= 0.6 is 39.3 Å². The van der Waals surface area contributed by atoms with Crippen LogP contribution in [0, 0.1) is 0 Å². The third-order valence-corrected chi connectivity index (χ3v) is 5.82. The average Bonchev–Trinajstić information content (AvgIpc) is 3.19. The van der Waals surface area contributed by atoms with Gasteiger partial charge in [0, 0.05) is 35.7 Å². The van der Waals surface area contributed by atoms with Crippen molar-refractivity contribution >= 4 is 61.1 Å². The topological polar surface area (TPSA) is 4.93 Å². The highest BCUT2D eigenvalue weighted by atomic mass is 79.9. The Kier molecular flexibility index (Phi) is 2.90. The van der Waals surface area contributed by atoms with Gasteiger partial charge in [-0.3, -0.25) is 0 Å². The van der Waals surface area contributed by atoms with E-state index in [1.54, 1.807) is 24.3 Å². The summed E-state index contributed by atoms with van der Waals surface area (Å²) in [6, 6.07) is 9.55. The first kappa shape index (κ1) is 11.1. The summed E-state index contributed by atoms with van der Waals surface area (Å²) < 4.78 is 69.4. The lowest BCUT2D eigenvalue weighted by molar-refractivity contribution is 1.16. The lowest BCUT2D eigenvalue weighted by Crippen LogP contribution is -1.93. The zero-order valence-corrected chi connectivity index (χ0v) is 17.3. The van der Waals surface area contributed by atoms with Gasteiger partial charge in [-0.25, -0.2) is 0 Å². The largest absolute Gasteiger partial charge is 0.309 e. The Morgan fingerprint density at radius 2 is 1.50 bits per heavy atom. The Labute approximate surface area is 192 Å². The quantitative estimate of drug-likeness (QED) is 0.255. The average molecular weight is 473 g/mol. The van der Waals surface area contributed by atoms with Crippen molar-refractivity contribution in [1.29, 1.82) is 0 Å². The fourth-order valence-electron chi connectivity index (χ4n) is 3.09. The number of hydrogen-bond donors (Lipinski definition) is 0. The molecule has 1 heterocycles. The van der Waals surface area contributed by atoms with Gasteiger partial charge in [-0.15, -0.1) is 0 Å². The van der Waals surface area contributed by atoms with Crippen LogP contribution in [0.5, 0.6) is 0 Å².